The van der Waals surface area contributed by atoms with E-state index in [1.165, 1.54) is 0 Å². The number of hydrogen-bond acceptors (Lipinski definition) is 0. The molecule has 0 saturated carbocycles. The molecule has 1 atom stereocenters. The monoisotopic (exact) mass is 291 g/mol. The molecule has 2 rings (SSSR count). The zero-order chi connectivity index (χ0) is 8.49. The van der Waals surface area contributed by atoms with Crippen molar-refractivity contribution < 1.29 is 19.5 Å². The van der Waals surface area contributed by atoms with Crippen LogP contribution in [0.3, 0.4) is 0 Å². The largest absolute Gasteiger partial charge is 2.00 e. The van der Waals surface area contributed by atoms with Crippen molar-refractivity contribution in [2.75, 3.05) is 0 Å². The van der Waals surface area contributed by atoms with Gasteiger partial charge in [-0.1, -0.05) is 0 Å². The molecule has 1 radical (unpaired) electrons. The Labute approximate surface area is 102 Å². The van der Waals surface area contributed by atoms with Gasteiger partial charge in [0.15, 0.2) is 0 Å². The molecule has 0 spiro atoms. The van der Waals surface area contributed by atoms with Gasteiger partial charge < -0.3 is 0 Å². The second-order valence-electron chi connectivity index (χ2n) is 2.15. The minimum atomic E-state index is 0. The van der Waals surface area contributed by atoms with Crippen LogP contribution in [0.25, 0.3) is 0 Å². The molecule has 0 aromatic heterocycles. The third-order valence-electron chi connectivity index (χ3n) is 1.21. The molecule has 0 nitrogen and oxygen atoms in total. The zero-order valence-corrected chi connectivity index (χ0v) is 10.9. The summed E-state index contributed by atoms with van der Waals surface area (Å²) < 4.78 is 0. The fourth-order valence-electron chi connectivity index (χ4n) is 0.684. The molecule has 2 aromatic rings. The Morgan fingerprint density at radius 2 is 0.786 bits per heavy atom. The maximum atomic E-state index is 2.89. The standard InChI is InChI=1S/2C6H5.H3P.Rh/c2*1-2-4-6-5-3-1;;/h2*1-5H;1H3;/q2*-1;;+2. The van der Waals surface area contributed by atoms with E-state index in [4.69, 9.17) is 0 Å². The third-order valence-corrected chi connectivity index (χ3v) is 1.21. The average Bonchev–Trinajstić information content (AvgIpc) is 2.24. The van der Waals surface area contributed by atoms with Crippen LogP contribution in [0.1, 0.15) is 0 Å². The van der Waals surface area contributed by atoms with E-state index in [0.29, 0.717) is 0 Å². The summed E-state index contributed by atoms with van der Waals surface area (Å²) in [5, 5.41) is 0. The van der Waals surface area contributed by atoms with Crippen LogP contribution in [0.5, 0.6) is 0 Å². The van der Waals surface area contributed by atoms with E-state index in [1.54, 1.807) is 0 Å². The fourth-order valence-corrected chi connectivity index (χ4v) is 0.684. The summed E-state index contributed by atoms with van der Waals surface area (Å²) in [6.45, 7) is 0. The van der Waals surface area contributed by atoms with Crippen molar-refractivity contribution in [3.63, 3.8) is 0 Å². The molecule has 0 saturated heterocycles. The second-order valence-corrected chi connectivity index (χ2v) is 2.15. The average molecular weight is 291 g/mol. The molecular formula is C12H13PRh. The van der Waals surface area contributed by atoms with Crippen LogP contribution in [-0.4, -0.2) is 0 Å². The van der Waals surface area contributed by atoms with Crippen LogP contribution in [0, 0.1) is 12.1 Å². The summed E-state index contributed by atoms with van der Waals surface area (Å²) in [6, 6.07) is 25.0. The molecule has 1 unspecified atom stereocenters. The van der Waals surface area contributed by atoms with Crippen molar-refractivity contribution in [1.29, 1.82) is 0 Å². The molecule has 0 aliphatic carbocycles. The van der Waals surface area contributed by atoms with Gasteiger partial charge in [0.05, 0.1) is 0 Å². The molecule has 0 bridgehead atoms. The fraction of sp³-hybridized carbons (Fsp3) is 0. The van der Waals surface area contributed by atoms with Crippen molar-refractivity contribution in [1.82, 2.24) is 0 Å². The van der Waals surface area contributed by atoms with Gasteiger partial charge in [0.25, 0.3) is 0 Å². The van der Waals surface area contributed by atoms with Gasteiger partial charge in [-0.15, -0.1) is 0 Å². The summed E-state index contributed by atoms with van der Waals surface area (Å²) >= 11 is 0. The third kappa shape index (κ3) is 9.58. The van der Waals surface area contributed by atoms with Gasteiger partial charge in [0.2, 0.25) is 0 Å². The van der Waals surface area contributed by atoms with Gasteiger partial charge in [-0.3, -0.25) is 0 Å². The van der Waals surface area contributed by atoms with Crippen LogP contribution < -0.4 is 0 Å². The van der Waals surface area contributed by atoms with Gasteiger partial charge >= 0.3 is 19.5 Å². The first-order valence-electron chi connectivity index (χ1n) is 3.82. The first-order chi connectivity index (χ1) is 6.00. The van der Waals surface area contributed by atoms with Crippen LogP contribution in [0.15, 0.2) is 60.7 Å². The molecule has 0 aliphatic heterocycles. The van der Waals surface area contributed by atoms with Gasteiger partial charge in [0.1, 0.15) is 0 Å². The molecule has 0 heterocycles. The van der Waals surface area contributed by atoms with Crippen LogP contribution in [0.4, 0.5) is 0 Å². The molecule has 75 valence electrons. The van der Waals surface area contributed by atoms with E-state index in [2.05, 4.69) is 12.1 Å². The Balaban J connectivity index is 0. The molecular weight excluding hydrogens is 278 g/mol. The SMILES string of the molecule is P.[Rh+2].[c-]1ccccc1.[c-]1ccccc1. The summed E-state index contributed by atoms with van der Waals surface area (Å²) in [5.41, 5.74) is 0. The van der Waals surface area contributed by atoms with Crippen molar-refractivity contribution >= 4 is 9.90 Å². The summed E-state index contributed by atoms with van der Waals surface area (Å²) in [6.07, 6.45) is 0. The minimum Gasteiger partial charge on any atom is -0.184 e. The Morgan fingerprint density at radius 3 is 0.857 bits per heavy atom. The van der Waals surface area contributed by atoms with E-state index >= 15 is 0 Å². The Morgan fingerprint density at radius 1 is 0.500 bits per heavy atom. The van der Waals surface area contributed by atoms with E-state index in [1.807, 2.05) is 60.7 Å². The topological polar surface area (TPSA) is 0 Å². The molecule has 0 fully saturated rings. The van der Waals surface area contributed by atoms with Crippen molar-refractivity contribution in [3.05, 3.63) is 72.8 Å². The maximum absolute atomic E-state index is 2.89. The molecule has 0 aliphatic rings. The second kappa shape index (κ2) is 12.5. The zero-order valence-electron chi connectivity index (χ0n) is 7.81. The first-order valence-corrected chi connectivity index (χ1v) is 3.82. The van der Waals surface area contributed by atoms with Gasteiger partial charge in [0, 0.05) is 0 Å². The van der Waals surface area contributed by atoms with Gasteiger partial charge in [-0.05, 0) is 0 Å². The Bertz CT molecular complexity index is 186. The normalized spacial score (nSPS) is 6.86. The van der Waals surface area contributed by atoms with E-state index < -0.39 is 0 Å². The quantitative estimate of drug-likeness (QED) is 0.397. The van der Waals surface area contributed by atoms with Gasteiger partial charge in [-0.2, -0.15) is 82.7 Å². The first kappa shape index (κ1) is 15.9. The van der Waals surface area contributed by atoms with Gasteiger partial charge in [-0.25, -0.2) is 0 Å². The smallest absolute Gasteiger partial charge is 0.184 e. The Hall–Kier alpha value is -0.507. The molecule has 2 aromatic carbocycles. The predicted octanol–water partition coefficient (Wildman–Crippen LogP) is 3.03. The van der Waals surface area contributed by atoms with Crippen molar-refractivity contribution in [2.45, 2.75) is 0 Å². The summed E-state index contributed by atoms with van der Waals surface area (Å²) in [7, 11) is 0. The number of rotatable bonds is 0. The molecule has 0 amide bonds. The predicted molar refractivity (Wildman–Crippen MR) is 61.7 cm³/mol. The van der Waals surface area contributed by atoms with E-state index in [-0.39, 0.29) is 29.4 Å². The van der Waals surface area contributed by atoms with Crippen molar-refractivity contribution in [3.8, 4) is 0 Å². The Kier molecular flexibility index (Phi) is 14.2. The van der Waals surface area contributed by atoms with Crippen LogP contribution in [-0.2, 0) is 19.5 Å². The number of hydrogen-bond donors (Lipinski definition) is 0. The molecule has 2 heteroatoms. The number of benzene rings is 2. The summed E-state index contributed by atoms with van der Waals surface area (Å²) in [5.74, 6) is 0. The van der Waals surface area contributed by atoms with Crippen LogP contribution >= 0.6 is 9.90 Å². The maximum Gasteiger partial charge on any atom is 2.00 e. The van der Waals surface area contributed by atoms with Crippen molar-refractivity contribution in [2.24, 2.45) is 0 Å². The van der Waals surface area contributed by atoms with E-state index in [9.17, 15) is 0 Å². The minimum absolute atomic E-state index is 0. The molecule has 0 N–H and O–H groups in total. The summed E-state index contributed by atoms with van der Waals surface area (Å²) in [4.78, 5) is 0. The molecule has 14 heavy (non-hydrogen) atoms. The van der Waals surface area contributed by atoms with E-state index in [0.717, 1.165) is 0 Å². The van der Waals surface area contributed by atoms with Crippen LogP contribution in [0.2, 0.25) is 0 Å².